The van der Waals surface area contributed by atoms with Crippen molar-refractivity contribution in [2.75, 3.05) is 112 Å². The zero-order valence-corrected chi connectivity index (χ0v) is 20.6. The second kappa shape index (κ2) is 25.7. The number of benzene rings is 1. The van der Waals surface area contributed by atoms with Crippen molar-refractivity contribution < 1.29 is 52.8 Å². The second-order valence-electron chi connectivity index (χ2n) is 6.97. The molecule has 0 heterocycles. The minimum atomic E-state index is -1.01. The van der Waals surface area contributed by atoms with Crippen molar-refractivity contribution in [1.82, 2.24) is 0 Å². The number of aliphatic hydroxyl groups is 2. The van der Waals surface area contributed by atoms with Gasteiger partial charge in [0, 0.05) is 0 Å². The Kier molecular flexibility index (Phi) is 23.2. The summed E-state index contributed by atoms with van der Waals surface area (Å²) in [6.45, 7) is 7.04. The standard InChI is InChI=1S/C24H42O11/c25-6-7-27-8-9-28-10-11-29-12-13-30-14-15-31-16-17-32-18-19-33-20-21-34-22-24(26)35-23-4-2-1-3-5-23/h1-5,24-26H,6-22H2. The number of rotatable bonds is 27. The third-order valence-electron chi connectivity index (χ3n) is 4.12. The molecule has 0 amide bonds. The fraction of sp³-hybridized carbons (Fsp3) is 0.750. The molecule has 0 radical (unpaired) electrons. The zero-order chi connectivity index (χ0) is 25.1. The van der Waals surface area contributed by atoms with Crippen molar-refractivity contribution >= 4 is 0 Å². The molecule has 11 nitrogen and oxygen atoms in total. The fourth-order valence-corrected chi connectivity index (χ4v) is 2.48. The van der Waals surface area contributed by atoms with Gasteiger partial charge in [0.05, 0.1) is 106 Å². The maximum atomic E-state index is 9.73. The molecule has 0 aliphatic carbocycles. The predicted molar refractivity (Wildman–Crippen MR) is 127 cm³/mol. The Balaban J connectivity index is 1.68. The quantitative estimate of drug-likeness (QED) is 0.128. The normalized spacial score (nSPS) is 12.2. The average Bonchev–Trinajstić information content (AvgIpc) is 2.87. The van der Waals surface area contributed by atoms with Gasteiger partial charge in [-0.25, -0.2) is 0 Å². The molecule has 1 aromatic rings. The van der Waals surface area contributed by atoms with E-state index in [2.05, 4.69) is 0 Å². The molecular weight excluding hydrogens is 464 g/mol. The molecule has 35 heavy (non-hydrogen) atoms. The molecular formula is C24H42O11. The molecule has 0 spiro atoms. The topological polar surface area (TPSA) is 124 Å². The lowest BCUT2D eigenvalue weighted by molar-refractivity contribution is -0.0860. The maximum Gasteiger partial charge on any atom is 0.221 e. The summed E-state index contributed by atoms with van der Waals surface area (Å²) in [5, 5.41) is 18.3. The molecule has 11 heteroatoms. The van der Waals surface area contributed by atoms with Gasteiger partial charge in [0.25, 0.3) is 0 Å². The van der Waals surface area contributed by atoms with Crippen LogP contribution in [0.2, 0.25) is 0 Å². The minimum Gasteiger partial charge on any atom is -0.463 e. The molecule has 0 bridgehead atoms. The van der Waals surface area contributed by atoms with Gasteiger partial charge in [0.1, 0.15) is 12.4 Å². The summed E-state index contributed by atoms with van der Waals surface area (Å²) in [7, 11) is 0. The first-order valence-electron chi connectivity index (χ1n) is 12.0. The maximum absolute atomic E-state index is 9.73. The van der Waals surface area contributed by atoms with Gasteiger partial charge < -0.3 is 52.8 Å². The number of aliphatic hydroxyl groups excluding tert-OH is 2. The predicted octanol–water partition coefficient (Wildman–Crippen LogP) is 0.509. The van der Waals surface area contributed by atoms with Crippen molar-refractivity contribution in [2.45, 2.75) is 6.29 Å². The van der Waals surface area contributed by atoms with Crippen molar-refractivity contribution in [3.63, 3.8) is 0 Å². The van der Waals surface area contributed by atoms with Gasteiger partial charge in [-0.15, -0.1) is 0 Å². The van der Waals surface area contributed by atoms with Gasteiger partial charge in [0.2, 0.25) is 6.29 Å². The summed E-state index contributed by atoms with van der Waals surface area (Å²) >= 11 is 0. The molecule has 0 aliphatic rings. The molecule has 0 fully saturated rings. The molecule has 1 atom stereocenters. The van der Waals surface area contributed by atoms with Crippen LogP contribution in [-0.4, -0.2) is 129 Å². The highest BCUT2D eigenvalue weighted by molar-refractivity contribution is 5.20. The SMILES string of the molecule is OCCOCCOCCOCCOCCOCCOCCOCCOCC(O)Oc1ccccc1. The van der Waals surface area contributed by atoms with Crippen LogP contribution in [-0.2, 0) is 37.9 Å². The number of ether oxygens (including phenoxy) is 9. The molecule has 0 saturated carbocycles. The number of para-hydroxylation sites is 1. The summed E-state index contributed by atoms with van der Waals surface area (Å²) in [4.78, 5) is 0. The average molecular weight is 507 g/mol. The minimum absolute atomic E-state index is 0.0239. The summed E-state index contributed by atoms with van der Waals surface area (Å²) in [6.07, 6.45) is -1.01. The summed E-state index contributed by atoms with van der Waals surface area (Å²) in [5.74, 6) is 0.593. The van der Waals surface area contributed by atoms with E-state index in [0.29, 0.717) is 105 Å². The van der Waals surface area contributed by atoms with Gasteiger partial charge in [-0.2, -0.15) is 0 Å². The number of hydrogen-bond donors (Lipinski definition) is 2. The second-order valence-corrected chi connectivity index (χ2v) is 6.97. The Morgan fingerprint density at radius 3 is 1.20 bits per heavy atom. The van der Waals surface area contributed by atoms with Crippen molar-refractivity contribution in [3.05, 3.63) is 30.3 Å². The summed E-state index contributed by atoms with van der Waals surface area (Å²) < 4.78 is 48.0. The van der Waals surface area contributed by atoms with Crippen molar-refractivity contribution in [3.8, 4) is 5.75 Å². The van der Waals surface area contributed by atoms with Gasteiger partial charge in [-0.3, -0.25) is 0 Å². The first-order chi connectivity index (χ1) is 17.3. The fourth-order valence-electron chi connectivity index (χ4n) is 2.48. The van der Waals surface area contributed by atoms with E-state index >= 15 is 0 Å². The van der Waals surface area contributed by atoms with E-state index in [1.807, 2.05) is 18.2 Å². The Labute approximate surface area is 208 Å². The van der Waals surface area contributed by atoms with Crippen LogP contribution in [0.5, 0.6) is 5.75 Å². The lowest BCUT2D eigenvalue weighted by atomic mass is 10.3. The molecule has 1 unspecified atom stereocenters. The highest BCUT2D eigenvalue weighted by Crippen LogP contribution is 2.09. The van der Waals surface area contributed by atoms with E-state index in [9.17, 15) is 5.11 Å². The highest BCUT2D eigenvalue weighted by atomic mass is 16.6. The van der Waals surface area contributed by atoms with Crippen LogP contribution in [0, 0.1) is 0 Å². The lowest BCUT2D eigenvalue weighted by Gasteiger charge is -2.13. The summed E-state index contributed by atoms with van der Waals surface area (Å²) in [6, 6.07) is 9.08. The van der Waals surface area contributed by atoms with Gasteiger partial charge in [-0.1, -0.05) is 18.2 Å². The van der Waals surface area contributed by atoms with Crippen LogP contribution in [0.25, 0.3) is 0 Å². The van der Waals surface area contributed by atoms with Crippen molar-refractivity contribution in [2.24, 2.45) is 0 Å². The third-order valence-corrected chi connectivity index (χ3v) is 4.12. The molecule has 0 aromatic heterocycles. The first-order valence-corrected chi connectivity index (χ1v) is 12.0. The molecule has 2 N–H and O–H groups in total. The van der Waals surface area contributed by atoms with Crippen LogP contribution in [0.1, 0.15) is 0 Å². The Morgan fingerprint density at radius 2 is 0.829 bits per heavy atom. The van der Waals surface area contributed by atoms with Crippen LogP contribution in [0.15, 0.2) is 30.3 Å². The van der Waals surface area contributed by atoms with Crippen molar-refractivity contribution in [1.29, 1.82) is 0 Å². The smallest absolute Gasteiger partial charge is 0.221 e. The van der Waals surface area contributed by atoms with Crippen LogP contribution in [0.3, 0.4) is 0 Å². The molecule has 1 aromatic carbocycles. The lowest BCUT2D eigenvalue weighted by Crippen LogP contribution is -2.23. The zero-order valence-electron chi connectivity index (χ0n) is 20.6. The Morgan fingerprint density at radius 1 is 0.486 bits per heavy atom. The van der Waals surface area contributed by atoms with Crippen LogP contribution in [0.4, 0.5) is 0 Å². The van der Waals surface area contributed by atoms with Gasteiger partial charge in [-0.05, 0) is 12.1 Å². The number of hydrogen-bond acceptors (Lipinski definition) is 11. The molecule has 204 valence electrons. The van der Waals surface area contributed by atoms with E-state index in [-0.39, 0.29) is 13.2 Å². The Bertz CT molecular complexity index is 535. The van der Waals surface area contributed by atoms with Gasteiger partial charge in [0.15, 0.2) is 0 Å². The van der Waals surface area contributed by atoms with Crippen LogP contribution < -0.4 is 4.74 Å². The van der Waals surface area contributed by atoms with Crippen LogP contribution >= 0.6 is 0 Å². The van der Waals surface area contributed by atoms with E-state index in [4.69, 9.17) is 47.7 Å². The molecule has 1 rings (SSSR count). The third kappa shape index (κ3) is 22.8. The van der Waals surface area contributed by atoms with E-state index in [1.165, 1.54) is 0 Å². The monoisotopic (exact) mass is 506 g/mol. The highest BCUT2D eigenvalue weighted by Gasteiger charge is 2.05. The summed E-state index contributed by atoms with van der Waals surface area (Å²) in [5.41, 5.74) is 0. The van der Waals surface area contributed by atoms with E-state index in [0.717, 1.165) is 0 Å². The molecule has 0 aliphatic heterocycles. The largest absolute Gasteiger partial charge is 0.463 e. The first kappa shape index (κ1) is 31.6. The molecule has 0 saturated heterocycles. The Hall–Kier alpha value is -1.38. The van der Waals surface area contributed by atoms with Gasteiger partial charge >= 0.3 is 0 Å². The van der Waals surface area contributed by atoms with E-state index in [1.54, 1.807) is 12.1 Å². The van der Waals surface area contributed by atoms with E-state index < -0.39 is 6.29 Å².